The summed E-state index contributed by atoms with van der Waals surface area (Å²) in [6, 6.07) is -0.403. The van der Waals surface area contributed by atoms with Crippen LogP contribution in [0, 0.1) is 11.8 Å². The predicted octanol–water partition coefficient (Wildman–Crippen LogP) is -1.02. The van der Waals surface area contributed by atoms with Gasteiger partial charge in [0.1, 0.15) is 42.0 Å². The maximum Gasteiger partial charge on any atom is 0.245 e. The second-order valence-corrected chi connectivity index (χ2v) is 16.9. The number of hydrogen-bond donors (Lipinski definition) is 11. The van der Waals surface area contributed by atoms with Gasteiger partial charge in [0, 0.05) is 33.0 Å². The first-order valence-electron chi connectivity index (χ1n) is 22.4. The van der Waals surface area contributed by atoms with E-state index in [1.165, 1.54) is 24.0 Å². The molecule has 1 aliphatic heterocycles. The lowest BCUT2D eigenvalue weighted by Crippen LogP contribution is -2.60. The first kappa shape index (κ1) is 52.2. The topological polar surface area (TPSA) is 358 Å². The maximum absolute atomic E-state index is 14.7. The van der Waals surface area contributed by atoms with Crippen molar-refractivity contribution in [3.05, 3.63) is 29.8 Å². The van der Waals surface area contributed by atoms with Gasteiger partial charge in [-0.1, -0.05) is 64.5 Å². The zero-order chi connectivity index (χ0) is 47.3. The number of nitrogens with zero attached hydrogens (tertiary/aromatic N) is 3. The van der Waals surface area contributed by atoms with Gasteiger partial charge in [0.05, 0.1) is 0 Å². The molecular weight excluding hydrogens is 827 g/mol. The molecule has 0 bridgehead atoms. The van der Waals surface area contributed by atoms with Crippen molar-refractivity contribution in [2.75, 3.05) is 19.6 Å². The minimum Gasteiger partial charge on any atom is -0.508 e. The van der Waals surface area contributed by atoms with Crippen molar-refractivity contribution in [3.8, 4) is 5.75 Å². The summed E-state index contributed by atoms with van der Waals surface area (Å²) in [4.78, 5) is 105. The van der Waals surface area contributed by atoms with Crippen molar-refractivity contribution in [2.45, 2.75) is 147 Å². The Bertz CT molecular complexity index is 1800. The van der Waals surface area contributed by atoms with Gasteiger partial charge in [-0.2, -0.15) is 0 Å². The molecule has 0 aromatic heterocycles. The Labute approximate surface area is 375 Å². The highest BCUT2D eigenvalue weighted by Gasteiger charge is 2.41. The van der Waals surface area contributed by atoms with Gasteiger partial charge in [0.2, 0.25) is 41.4 Å². The van der Waals surface area contributed by atoms with E-state index in [0.717, 1.165) is 32.1 Å². The molecule has 3 rings (SSSR count). The largest absolute Gasteiger partial charge is 0.508 e. The van der Waals surface area contributed by atoms with Crippen LogP contribution < -0.4 is 55.3 Å². The zero-order valence-electron chi connectivity index (χ0n) is 37.5. The van der Waals surface area contributed by atoms with Crippen LogP contribution in [-0.4, -0.2) is 119 Å². The lowest BCUT2D eigenvalue weighted by Gasteiger charge is -2.33. The molecule has 1 saturated heterocycles. The molecule has 0 radical (unpaired) electrons. The smallest absolute Gasteiger partial charge is 0.245 e. The third kappa shape index (κ3) is 17.5. The number of primary amides is 1. The van der Waals surface area contributed by atoms with E-state index < -0.39 is 77.6 Å². The zero-order valence-corrected chi connectivity index (χ0v) is 37.5. The van der Waals surface area contributed by atoms with Crippen LogP contribution in [0.4, 0.5) is 0 Å². The lowest BCUT2D eigenvalue weighted by atomic mass is 9.84. The Balaban J connectivity index is 1.90. The second kappa shape index (κ2) is 26.5. The van der Waals surface area contributed by atoms with Crippen molar-refractivity contribution in [1.82, 2.24) is 31.5 Å². The number of hydrogen-bond acceptors (Lipinski definition) is 10. The normalized spacial score (nSPS) is 17.9. The number of rotatable bonds is 25. The molecule has 16 N–H and O–H groups in total. The summed E-state index contributed by atoms with van der Waals surface area (Å²) in [6.07, 6.45) is 7.12. The van der Waals surface area contributed by atoms with E-state index in [4.69, 9.17) is 28.7 Å². The Morgan fingerprint density at radius 2 is 1.28 bits per heavy atom. The second-order valence-electron chi connectivity index (χ2n) is 16.9. The van der Waals surface area contributed by atoms with Crippen LogP contribution in [0.3, 0.4) is 0 Å². The summed E-state index contributed by atoms with van der Waals surface area (Å²) in [7, 11) is 0. The van der Waals surface area contributed by atoms with Gasteiger partial charge >= 0.3 is 0 Å². The van der Waals surface area contributed by atoms with Crippen LogP contribution >= 0.6 is 0 Å². The molecule has 1 saturated carbocycles. The number of likely N-dealkylation sites (tertiary alicyclic amines) is 1. The highest BCUT2D eigenvalue weighted by atomic mass is 16.3. The first-order valence-corrected chi connectivity index (χ1v) is 22.4. The molecule has 7 atom stereocenters. The van der Waals surface area contributed by atoms with Crippen LogP contribution in [0.1, 0.15) is 110 Å². The van der Waals surface area contributed by atoms with Crippen molar-refractivity contribution in [2.24, 2.45) is 50.5 Å². The molecule has 0 spiro atoms. The standard InChI is InChI=1S/C43H71N13O8/c1-4-25(2)35(51-26(3)57)40(63)53-31(14-9-21-50-43(47)48)37(60)55-33(24-27-11-6-5-7-12-27)41(64)56-22-10-15-34(56)39(62)54-32(23-28-16-18-29(58)19-17-28)38(61)52-30(36(44)59)13-8-20-49-42(45)46/h16-19,25,27,30-35,58H,4-15,20-24H2,1-3H3,(H2,44,59)(H,51,57)(H,52,61)(H,53,63)(H,54,62)(H,55,60)(H4,45,46,49)(H4,47,48,50)/t25-,30-,31-,32+,33-,34+,35-/m0/s1. The maximum atomic E-state index is 14.7. The summed E-state index contributed by atoms with van der Waals surface area (Å²) in [5.74, 6) is -4.59. The van der Waals surface area contributed by atoms with Gasteiger partial charge in [-0.05, 0) is 74.5 Å². The molecule has 7 amide bonds. The van der Waals surface area contributed by atoms with Gasteiger partial charge in [-0.3, -0.25) is 43.5 Å². The average molecular weight is 898 g/mol. The van der Waals surface area contributed by atoms with E-state index in [1.54, 1.807) is 12.1 Å². The summed E-state index contributed by atoms with van der Waals surface area (Å²) in [5.41, 5.74) is 28.1. The van der Waals surface area contributed by atoms with Gasteiger partial charge < -0.3 is 65.3 Å². The van der Waals surface area contributed by atoms with Gasteiger partial charge in [-0.25, -0.2) is 0 Å². The number of aromatic hydroxyl groups is 1. The fourth-order valence-corrected chi connectivity index (χ4v) is 8.11. The van der Waals surface area contributed by atoms with Crippen molar-refractivity contribution in [1.29, 1.82) is 0 Å². The minimum absolute atomic E-state index is 0.00161. The molecule has 1 aromatic rings. The Hall–Kier alpha value is -6.15. The quantitative estimate of drug-likeness (QED) is 0.0319. The number of benzene rings is 1. The Kier molecular flexibility index (Phi) is 21.6. The monoisotopic (exact) mass is 898 g/mol. The molecular formula is C43H71N13O8. The molecule has 1 heterocycles. The number of amides is 7. The highest BCUT2D eigenvalue weighted by Crippen LogP contribution is 2.29. The van der Waals surface area contributed by atoms with Crippen LogP contribution in [-0.2, 0) is 40.0 Å². The van der Waals surface area contributed by atoms with E-state index in [2.05, 4.69) is 36.6 Å². The van der Waals surface area contributed by atoms with Gasteiger partial charge in [0.15, 0.2) is 11.9 Å². The van der Waals surface area contributed by atoms with Gasteiger partial charge in [0.25, 0.3) is 0 Å². The molecule has 1 aliphatic carbocycles. The molecule has 0 unspecified atom stereocenters. The average Bonchev–Trinajstić information content (AvgIpc) is 3.75. The number of nitrogens with two attached hydrogens (primary N) is 5. The number of phenolic OH excluding ortho intramolecular Hbond substituents is 1. The third-order valence-corrected chi connectivity index (χ3v) is 11.8. The summed E-state index contributed by atoms with van der Waals surface area (Å²) in [5, 5.41) is 23.7. The Morgan fingerprint density at radius 3 is 1.84 bits per heavy atom. The summed E-state index contributed by atoms with van der Waals surface area (Å²) < 4.78 is 0. The molecule has 1 aromatic carbocycles. The van der Waals surface area contributed by atoms with Crippen LogP contribution in [0.2, 0.25) is 0 Å². The van der Waals surface area contributed by atoms with Crippen LogP contribution in [0.25, 0.3) is 0 Å². The fourth-order valence-electron chi connectivity index (χ4n) is 8.11. The molecule has 2 fully saturated rings. The molecule has 2 aliphatic rings. The van der Waals surface area contributed by atoms with Crippen molar-refractivity contribution in [3.63, 3.8) is 0 Å². The van der Waals surface area contributed by atoms with Crippen molar-refractivity contribution >= 4 is 53.3 Å². The van der Waals surface area contributed by atoms with E-state index in [-0.39, 0.29) is 74.8 Å². The SMILES string of the molecule is CC[C@H](C)[C@H](NC(C)=O)C(=O)N[C@@H](CCCN=C(N)N)C(=O)N[C@@H](CC1CCCCC1)C(=O)N1CCC[C@@H]1C(=O)N[C@H](Cc1ccc(O)cc1)C(=O)N[C@@H](CCCN=C(N)N)C(N)=O. The number of phenols is 1. The number of nitrogens with one attached hydrogen (secondary N) is 5. The Morgan fingerprint density at radius 1 is 0.719 bits per heavy atom. The predicted molar refractivity (Wildman–Crippen MR) is 242 cm³/mol. The number of aliphatic imine (C=N–C) groups is 2. The van der Waals surface area contributed by atoms with Crippen molar-refractivity contribution < 1.29 is 38.7 Å². The number of carbonyl (C=O) groups excluding carboxylic acids is 7. The van der Waals surface area contributed by atoms with E-state index >= 15 is 0 Å². The highest BCUT2D eigenvalue weighted by molar-refractivity contribution is 5.97. The molecule has 21 heteroatoms. The van der Waals surface area contributed by atoms with Crippen LogP contribution in [0.15, 0.2) is 34.3 Å². The molecule has 356 valence electrons. The van der Waals surface area contributed by atoms with Gasteiger partial charge in [-0.15, -0.1) is 0 Å². The summed E-state index contributed by atoms with van der Waals surface area (Å²) >= 11 is 0. The minimum atomic E-state index is -1.23. The van der Waals surface area contributed by atoms with E-state index in [1.807, 2.05) is 13.8 Å². The van der Waals surface area contributed by atoms with E-state index in [0.29, 0.717) is 37.7 Å². The number of guanidine groups is 2. The van der Waals surface area contributed by atoms with E-state index in [9.17, 15) is 38.7 Å². The molecule has 64 heavy (non-hydrogen) atoms. The fraction of sp³-hybridized carbons (Fsp3) is 0.651. The van der Waals surface area contributed by atoms with Crippen LogP contribution in [0.5, 0.6) is 5.75 Å². The number of carbonyl (C=O) groups is 7. The first-order chi connectivity index (χ1) is 30.4. The molecule has 21 nitrogen and oxygen atoms in total. The lowest BCUT2D eigenvalue weighted by molar-refractivity contribution is -0.143. The third-order valence-electron chi connectivity index (χ3n) is 11.8. The summed E-state index contributed by atoms with van der Waals surface area (Å²) in [6.45, 7) is 5.56.